The average molecular weight is 156 g/mol. The average Bonchev–Trinajstić information content (AvgIpc) is 2.63. The number of rotatable bonds is 0. The first-order valence-electron chi connectivity index (χ1n) is 3.28. The van der Waals surface area contributed by atoms with Crippen molar-refractivity contribution in [1.82, 2.24) is 19.4 Å². The van der Waals surface area contributed by atoms with Crippen LogP contribution in [0.2, 0.25) is 0 Å². The van der Waals surface area contributed by atoms with E-state index in [1.807, 2.05) is 0 Å². The van der Waals surface area contributed by atoms with Crippen LogP contribution in [0.15, 0.2) is 36.9 Å². The van der Waals surface area contributed by atoms with Gasteiger partial charge in [0.1, 0.15) is 0 Å². The molecule has 0 fully saturated rings. The Kier molecular flexibility index (Phi) is 3.19. The zero-order valence-corrected chi connectivity index (χ0v) is 6.41. The van der Waals surface area contributed by atoms with E-state index in [-0.39, 0.29) is 0 Å². The summed E-state index contributed by atoms with van der Waals surface area (Å²) in [5.74, 6) is 0. The Morgan fingerprint density at radius 1 is 0.833 bits per heavy atom. The molecular weight excluding hydrogens is 150 g/mol. The molecule has 0 atom stereocenters. The third kappa shape index (κ3) is 3.09. The highest BCUT2D eigenvalue weighted by molar-refractivity contribution is 6.05. The van der Waals surface area contributed by atoms with Crippen LogP contribution in [0.3, 0.4) is 0 Å². The summed E-state index contributed by atoms with van der Waals surface area (Å²) >= 11 is 0. The van der Waals surface area contributed by atoms with E-state index in [9.17, 15) is 0 Å². The minimum absolute atomic E-state index is 1.25. The van der Waals surface area contributed by atoms with Crippen LogP contribution in [0.5, 0.6) is 0 Å². The first-order chi connectivity index (χ1) is 5.79. The van der Waals surface area contributed by atoms with Crippen LogP contribution >= 0.6 is 0 Å². The van der Waals surface area contributed by atoms with Crippen molar-refractivity contribution in [2.75, 3.05) is 0 Å². The van der Waals surface area contributed by atoms with Gasteiger partial charge in [-0.2, -0.15) is 10.2 Å². The monoisotopic (exact) mass is 156 g/mol. The normalized spacial score (nSPS) is 8.67. The molecule has 0 aliphatic carbocycles. The van der Waals surface area contributed by atoms with E-state index in [1.54, 1.807) is 36.9 Å². The molecular formula is C6H6B2N4. The highest BCUT2D eigenvalue weighted by Gasteiger charge is 1.70. The molecule has 4 radical (unpaired) electrons. The van der Waals surface area contributed by atoms with Crippen molar-refractivity contribution in [3.05, 3.63) is 36.9 Å². The zero-order chi connectivity index (χ0) is 8.81. The Morgan fingerprint density at radius 2 is 1.25 bits per heavy atom. The lowest BCUT2D eigenvalue weighted by molar-refractivity contribution is 0.992. The van der Waals surface area contributed by atoms with Gasteiger partial charge in [-0.25, -0.2) is 0 Å². The maximum absolute atomic E-state index is 5.08. The number of hydrogen-bond donors (Lipinski definition) is 0. The highest BCUT2D eigenvalue weighted by Crippen LogP contribution is 1.72. The number of aromatic nitrogens is 4. The van der Waals surface area contributed by atoms with Gasteiger partial charge in [0.05, 0.1) is 0 Å². The van der Waals surface area contributed by atoms with Gasteiger partial charge in [0.15, 0.2) is 0 Å². The van der Waals surface area contributed by atoms with Crippen LogP contribution < -0.4 is 0 Å². The van der Waals surface area contributed by atoms with Gasteiger partial charge in [0.25, 0.3) is 16.0 Å². The maximum Gasteiger partial charge on any atom is 0.264 e. The summed E-state index contributed by atoms with van der Waals surface area (Å²) in [7, 11) is 10.2. The summed E-state index contributed by atoms with van der Waals surface area (Å²) in [6.07, 6.45) is 6.58. The predicted octanol–water partition coefficient (Wildman–Crippen LogP) is -0.371. The van der Waals surface area contributed by atoms with Gasteiger partial charge in [-0.3, -0.25) is 0 Å². The van der Waals surface area contributed by atoms with E-state index >= 15 is 0 Å². The molecule has 0 aromatic carbocycles. The standard InChI is InChI=1S/2C3H3BN2/c2*4-6-3-1-2-5-6/h2*1-3H. The minimum Gasteiger partial charge on any atom is -0.331 e. The van der Waals surface area contributed by atoms with Gasteiger partial charge < -0.3 is 9.19 Å². The molecule has 2 aromatic heterocycles. The van der Waals surface area contributed by atoms with E-state index in [1.165, 1.54) is 9.19 Å². The van der Waals surface area contributed by atoms with Crippen molar-refractivity contribution >= 4 is 16.0 Å². The summed E-state index contributed by atoms with van der Waals surface area (Å²) in [4.78, 5) is 0. The summed E-state index contributed by atoms with van der Waals surface area (Å²) < 4.78 is 2.50. The minimum atomic E-state index is 1.25. The van der Waals surface area contributed by atoms with Crippen molar-refractivity contribution in [2.45, 2.75) is 0 Å². The fourth-order valence-corrected chi connectivity index (χ4v) is 0.561. The molecule has 0 saturated heterocycles. The summed E-state index contributed by atoms with van der Waals surface area (Å²) in [5.41, 5.74) is 0. The largest absolute Gasteiger partial charge is 0.331 e. The van der Waals surface area contributed by atoms with E-state index in [0.29, 0.717) is 0 Å². The van der Waals surface area contributed by atoms with Crippen molar-refractivity contribution in [2.24, 2.45) is 0 Å². The zero-order valence-electron chi connectivity index (χ0n) is 6.41. The Labute approximate surface area is 73.1 Å². The fourth-order valence-electron chi connectivity index (χ4n) is 0.561. The number of hydrogen-bond acceptors (Lipinski definition) is 2. The van der Waals surface area contributed by atoms with Crippen LogP contribution in [0.1, 0.15) is 0 Å². The molecule has 2 aromatic rings. The van der Waals surface area contributed by atoms with Crippen LogP contribution in [-0.4, -0.2) is 35.3 Å². The highest BCUT2D eigenvalue weighted by atomic mass is 15.2. The summed E-state index contributed by atoms with van der Waals surface area (Å²) in [5, 5.41) is 7.22. The van der Waals surface area contributed by atoms with Gasteiger partial charge in [0.2, 0.25) is 0 Å². The Bertz CT molecular complexity index is 257. The topological polar surface area (TPSA) is 35.6 Å². The van der Waals surface area contributed by atoms with Crippen molar-refractivity contribution < 1.29 is 0 Å². The van der Waals surface area contributed by atoms with Crippen LogP contribution in [0.25, 0.3) is 0 Å². The molecule has 0 saturated carbocycles. The van der Waals surface area contributed by atoms with Gasteiger partial charge >= 0.3 is 0 Å². The van der Waals surface area contributed by atoms with Gasteiger partial charge in [-0.1, -0.05) is 0 Å². The fraction of sp³-hybridized carbons (Fsp3) is 0. The molecule has 0 spiro atoms. The van der Waals surface area contributed by atoms with Gasteiger partial charge in [-0.05, 0) is 12.1 Å². The molecule has 0 unspecified atom stereocenters. The molecule has 4 nitrogen and oxygen atoms in total. The third-order valence-electron chi connectivity index (χ3n) is 1.05. The quantitative estimate of drug-likeness (QED) is 0.487. The van der Waals surface area contributed by atoms with Crippen molar-refractivity contribution in [1.29, 1.82) is 0 Å². The Morgan fingerprint density at radius 3 is 1.33 bits per heavy atom. The SMILES string of the molecule is [B]n1cccn1.[B]n1cccn1. The smallest absolute Gasteiger partial charge is 0.264 e. The lowest BCUT2D eigenvalue weighted by atomic mass is 10.4. The number of nitrogens with zero attached hydrogens (tertiary/aromatic N) is 4. The first kappa shape index (κ1) is 8.64. The lowest BCUT2D eigenvalue weighted by Gasteiger charge is -1.77. The van der Waals surface area contributed by atoms with E-state index in [0.717, 1.165) is 0 Å². The molecule has 0 N–H and O–H groups in total. The Hall–Kier alpha value is -1.45. The molecule has 0 aliphatic heterocycles. The second-order valence-corrected chi connectivity index (χ2v) is 1.97. The molecule has 6 heteroatoms. The second kappa shape index (κ2) is 4.43. The lowest BCUT2D eigenvalue weighted by Crippen LogP contribution is -1.87. The van der Waals surface area contributed by atoms with Crippen LogP contribution in [0, 0.1) is 0 Å². The third-order valence-corrected chi connectivity index (χ3v) is 1.05. The summed E-state index contributed by atoms with van der Waals surface area (Å²) in [6.45, 7) is 0. The first-order valence-corrected chi connectivity index (χ1v) is 3.28. The second-order valence-electron chi connectivity index (χ2n) is 1.97. The molecule has 12 heavy (non-hydrogen) atoms. The van der Waals surface area contributed by atoms with Crippen molar-refractivity contribution in [3.63, 3.8) is 0 Å². The van der Waals surface area contributed by atoms with Crippen molar-refractivity contribution in [3.8, 4) is 0 Å². The molecule has 2 heterocycles. The van der Waals surface area contributed by atoms with E-state index < -0.39 is 0 Å². The maximum atomic E-state index is 5.08. The van der Waals surface area contributed by atoms with E-state index in [4.69, 9.17) is 16.0 Å². The summed E-state index contributed by atoms with van der Waals surface area (Å²) in [6, 6.07) is 3.53. The van der Waals surface area contributed by atoms with Gasteiger partial charge in [-0.15, -0.1) is 0 Å². The molecule has 56 valence electrons. The molecule has 0 bridgehead atoms. The Balaban J connectivity index is 0.000000120. The molecule has 2 rings (SSSR count). The molecule has 0 amide bonds. The van der Waals surface area contributed by atoms with Crippen LogP contribution in [-0.2, 0) is 0 Å². The molecule has 0 aliphatic rings. The van der Waals surface area contributed by atoms with Crippen LogP contribution in [0.4, 0.5) is 0 Å². The van der Waals surface area contributed by atoms with E-state index in [2.05, 4.69) is 10.2 Å². The van der Waals surface area contributed by atoms with Gasteiger partial charge in [0, 0.05) is 24.8 Å². The predicted molar refractivity (Wildman–Crippen MR) is 46.8 cm³/mol.